The molecule has 1 aliphatic heterocycles. The highest BCUT2D eigenvalue weighted by atomic mass is 16.5. The van der Waals surface area contributed by atoms with E-state index >= 15 is 0 Å². The van der Waals surface area contributed by atoms with Crippen molar-refractivity contribution in [2.24, 2.45) is 0 Å². The maximum absolute atomic E-state index is 6.52. The van der Waals surface area contributed by atoms with E-state index in [1.54, 1.807) is 7.11 Å². The van der Waals surface area contributed by atoms with Crippen molar-refractivity contribution in [2.45, 2.75) is 57.0 Å². The minimum atomic E-state index is 0.0284. The van der Waals surface area contributed by atoms with E-state index in [0.29, 0.717) is 0 Å². The molecule has 1 saturated carbocycles. The normalized spacial score (nSPS) is 18.2. The predicted octanol–water partition coefficient (Wildman–Crippen LogP) is 4.51. The lowest BCUT2D eigenvalue weighted by Crippen LogP contribution is -2.36. The second-order valence-electron chi connectivity index (χ2n) is 7.11. The first-order valence-electron chi connectivity index (χ1n) is 9.06. The summed E-state index contributed by atoms with van der Waals surface area (Å²) >= 11 is 0. The van der Waals surface area contributed by atoms with Crippen LogP contribution in [-0.2, 0) is 19.3 Å². The van der Waals surface area contributed by atoms with Gasteiger partial charge in [-0.3, -0.25) is 4.98 Å². The van der Waals surface area contributed by atoms with E-state index in [9.17, 15) is 0 Å². The zero-order valence-electron chi connectivity index (χ0n) is 14.4. The lowest BCUT2D eigenvalue weighted by molar-refractivity contribution is 0.0507. The van der Waals surface area contributed by atoms with E-state index in [1.165, 1.54) is 48.8 Å². The van der Waals surface area contributed by atoms with E-state index < -0.39 is 0 Å². The monoisotopic (exact) mass is 323 g/mol. The van der Waals surface area contributed by atoms with Crippen LogP contribution < -0.4 is 9.47 Å². The minimum absolute atomic E-state index is 0.0284. The molecule has 1 aromatic heterocycles. The summed E-state index contributed by atoms with van der Waals surface area (Å²) in [4.78, 5) is 4.10. The third-order valence-corrected chi connectivity index (χ3v) is 5.56. The van der Waals surface area contributed by atoms with Gasteiger partial charge >= 0.3 is 0 Å². The van der Waals surface area contributed by atoms with Crippen molar-refractivity contribution in [3.05, 3.63) is 53.3 Å². The molecule has 0 radical (unpaired) electrons. The average molecular weight is 323 g/mol. The molecule has 0 N–H and O–H groups in total. The summed E-state index contributed by atoms with van der Waals surface area (Å²) in [6.45, 7) is 0. The lowest BCUT2D eigenvalue weighted by Gasteiger charge is -2.32. The summed E-state index contributed by atoms with van der Waals surface area (Å²) < 4.78 is 12.1. The van der Waals surface area contributed by atoms with Gasteiger partial charge < -0.3 is 9.47 Å². The summed E-state index contributed by atoms with van der Waals surface area (Å²) in [5.74, 6) is 1.90. The largest absolute Gasteiger partial charge is 0.493 e. The van der Waals surface area contributed by atoms with Crippen molar-refractivity contribution in [1.82, 2.24) is 4.98 Å². The first kappa shape index (κ1) is 15.5. The summed E-state index contributed by atoms with van der Waals surface area (Å²) in [5, 5.41) is 0. The van der Waals surface area contributed by atoms with Crippen LogP contribution in [0.4, 0.5) is 0 Å². The molecule has 2 aromatic rings. The fourth-order valence-corrected chi connectivity index (χ4v) is 4.23. The topological polar surface area (TPSA) is 31.4 Å². The van der Waals surface area contributed by atoms with Crippen LogP contribution in [0.1, 0.15) is 48.8 Å². The maximum Gasteiger partial charge on any atom is 0.165 e. The molecule has 1 aliphatic carbocycles. The van der Waals surface area contributed by atoms with Crippen molar-refractivity contribution in [3.8, 4) is 11.5 Å². The quantitative estimate of drug-likeness (QED) is 0.829. The fourth-order valence-electron chi connectivity index (χ4n) is 4.23. The number of aromatic nitrogens is 1. The Morgan fingerprint density at radius 2 is 1.83 bits per heavy atom. The fraction of sp³-hybridized carbons (Fsp3) is 0.476. The predicted molar refractivity (Wildman–Crippen MR) is 94.8 cm³/mol. The molecule has 3 nitrogen and oxygen atoms in total. The number of aryl methyl sites for hydroxylation is 2. The SMILES string of the molecule is COc1ccc(CCc2ccncc2)c2c1OC1(CCCCC1)C2. The van der Waals surface area contributed by atoms with Crippen molar-refractivity contribution >= 4 is 0 Å². The van der Waals surface area contributed by atoms with Crippen molar-refractivity contribution < 1.29 is 9.47 Å². The van der Waals surface area contributed by atoms with E-state index in [1.807, 2.05) is 12.4 Å². The van der Waals surface area contributed by atoms with Crippen LogP contribution in [0.2, 0.25) is 0 Å². The number of ether oxygens (including phenoxy) is 2. The van der Waals surface area contributed by atoms with E-state index in [-0.39, 0.29) is 5.60 Å². The number of fused-ring (bicyclic) bond motifs is 1. The van der Waals surface area contributed by atoms with Crippen LogP contribution in [-0.4, -0.2) is 17.7 Å². The van der Waals surface area contributed by atoms with E-state index in [0.717, 1.165) is 30.8 Å². The molecule has 2 heterocycles. The van der Waals surface area contributed by atoms with Gasteiger partial charge in [-0.05, 0) is 67.9 Å². The molecule has 3 heteroatoms. The van der Waals surface area contributed by atoms with E-state index in [2.05, 4.69) is 29.2 Å². The molecule has 0 saturated heterocycles. The Kier molecular flexibility index (Phi) is 4.17. The van der Waals surface area contributed by atoms with Gasteiger partial charge in [0.2, 0.25) is 0 Å². The minimum Gasteiger partial charge on any atom is -0.493 e. The number of pyridine rings is 1. The molecule has 0 amide bonds. The zero-order chi connectivity index (χ0) is 16.4. The molecular weight excluding hydrogens is 298 g/mol. The first-order chi connectivity index (χ1) is 11.8. The number of nitrogens with zero attached hydrogens (tertiary/aromatic N) is 1. The molecule has 0 bridgehead atoms. The summed E-state index contributed by atoms with van der Waals surface area (Å²) in [5.41, 5.74) is 4.15. The number of rotatable bonds is 4. The highest BCUT2D eigenvalue weighted by Gasteiger charge is 2.42. The van der Waals surface area contributed by atoms with E-state index in [4.69, 9.17) is 9.47 Å². The van der Waals surface area contributed by atoms with Gasteiger partial charge in [0, 0.05) is 24.4 Å². The highest BCUT2D eigenvalue weighted by Crippen LogP contribution is 2.48. The number of hydrogen-bond donors (Lipinski definition) is 0. The second-order valence-corrected chi connectivity index (χ2v) is 7.11. The van der Waals surface area contributed by atoms with Crippen LogP contribution in [0.15, 0.2) is 36.7 Å². The maximum atomic E-state index is 6.52. The molecule has 4 rings (SSSR count). The van der Waals surface area contributed by atoms with Crippen LogP contribution in [0.5, 0.6) is 11.5 Å². The van der Waals surface area contributed by atoms with Crippen LogP contribution in [0, 0.1) is 0 Å². The summed E-state index contributed by atoms with van der Waals surface area (Å²) in [7, 11) is 1.74. The third-order valence-electron chi connectivity index (χ3n) is 5.56. The van der Waals surface area contributed by atoms with Crippen molar-refractivity contribution in [1.29, 1.82) is 0 Å². The molecule has 24 heavy (non-hydrogen) atoms. The number of benzene rings is 1. The highest BCUT2D eigenvalue weighted by molar-refractivity contribution is 5.54. The molecule has 1 spiro atoms. The average Bonchev–Trinajstić information content (AvgIpc) is 3.00. The standard InChI is InChI=1S/C21H25NO2/c1-23-19-8-7-17(6-5-16-9-13-22-14-10-16)18-15-21(24-20(18)19)11-3-2-4-12-21/h7-10,13-14H,2-6,11-12,15H2,1H3. The van der Waals surface area contributed by atoms with Crippen molar-refractivity contribution in [3.63, 3.8) is 0 Å². The smallest absolute Gasteiger partial charge is 0.165 e. The number of methoxy groups -OCH3 is 1. The molecule has 0 atom stereocenters. The summed E-state index contributed by atoms with van der Waals surface area (Å²) in [6, 6.07) is 8.50. The Labute approximate surface area is 144 Å². The van der Waals surface area contributed by atoms with Gasteiger partial charge in [0.1, 0.15) is 5.60 Å². The van der Waals surface area contributed by atoms with Gasteiger partial charge in [0.05, 0.1) is 7.11 Å². The molecule has 1 aromatic carbocycles. The molecular formula is C21H25NO2. The third kappa shape index (κ3) is 2.88. The Morgan fingerprint density at radius 3 is 2.58 bits per heavy atom. The Bertz CT molecular complexity index is 705. The van der Waals surface area contributed by atoms with Gasteiger partial charge in [0.15, 0.2) is 11.5 Å². The first-order valence-corrected chi connectivity index (χ1v) is 9.06. The zero-order valence-corrected chi connectivity index (χ0v) is 14.4. The number of hydrogen-bond acceptors (Lipinski definition) is 3. The van der Waals surface area contributed by atoms with Gasteiger partial charge in [-0.25, -0.2) is 0 Å². The second kappa shape index (κ2) is 6.46. The molecule has 126 valence electrons. The summed E-state index contributed by atoms with van der Waals surface area (Å²) in [6.07, 6.45) is 13.1. The van der Waals surface area contributed by atoms with Crippen molar-refractivity contribution in [2.75, 3.05) is 7.11 Å². The van der Waals surface area contributed by atoms with Gasteiger partial charge in [-0.1, -0.05) is 12.5 Å². The van der Waals surface area contributed by atoms with Gasteiger partial charge in [-0.2, -0.15) is 0 Å². The van der Waals surface area contributed by atoms with Crippen LogP contribution in [0.25, 0.3) is 0 Å². The Balaban J connectivity index is 1.60. The Hall–Kier alpha value is -2.03. The molecule has 0 unspecified atom stereocenters. The lowest BCUT2D eigenvalue weighted by atomic mass is 9.81. The molecule has 2 aliphatic rings. The molecule has 1 fully saturated rings. The van der Waals surface area contributed by atoms with Crippen LogP contribution in [0.3, 0.4) is 0 Å². The van der Waals surface area contributed by atoms with Crippen LogP contribution >= 0.6 is 0 Å². The van der Waals surface area contributed by atoms with Gasteiger partial charge in [0.25, 0.3) is 0 Å². The van der Waals surface area contributed by atoms with Gasteiger partial charge in [-0.15, -0.1) is 0 Å². The Morgan fingerprint density at radius 1 is 1.04 bits per heavy atom.